The molecule has 32 heavy (non-hydrogen) atoms. The highest BCUT2D eigenvalue weighted by Gasteiger charge is 2.19. The molecule has 1 saturated carbocycles. The summed E-state index contributed by atoms with van der Waals surface area (Å²) in [6.07, 6.45) is 9.07. The Morgan fingerprint density at radius 2 is 1.50 bits per heavy atom. The molecule has 0 unspecified atom stereocenters. The summed E-state index contributed by atoms with van der Waals surface area (Å²) in [6, 6.07) is 21.3. The molecule has 0 aliphatic heterocycles. The van der Waals surface area contributed by atoms with Crippen LogP contribution in [0.4, 0.5) is 0 Å². The molecule has 3 aromatic rings. The van der Waals surface area contributed by atoms with E-state index in [1.807, 2.05) is 12.1 Å². The van der Waals surface area contributed by atoms with Gasteiger partial charge in [-0.25, -0.2) is 0 Å². The molecule has 0 spiro atoms. The lowest BCUT2D eigenvalue weighted by Crippen LogP contribution is -2.30. The highest BCUT2D eigenvalue weighted by molar-refractivity contribution is 5.30. The number of rotatable bonds is 10. The molecule has 1 aliphatic rings. The van der Waals surface area contributed by atoms with Crippen LogP contribution in [-0.4, -0.2) is 30.2 Å². The molecule has 1 heterocycles. The summed E-state index contributed by atoms with van der Waals surface area (Å²) >= 11 is 0. The summed E-state index contributed by atoms with van der Waals surface area (Å²) in [5, 5.41) is 0. The van der Waals surface area contributed by atoms with E-state index in [0.29, 0.717) is 0 Å². The van der Waals surface area contributed by atoms with E-state index >= 15 is 0 Å². The zero-order chi connectivity index (χ0) is 22.2. The lowest BCUT2D eigenvalue weighted by atomic mass is 9.89. The van der Waals surface area contributed by atoms with Crippen molar-refractivity contribution in [3.05, 3.63) is 83.7 Å². The quantitative estimate of drug-likeness (QED) is 0.385. The fraction of sp³-hybridized carbons (Fsp3) is 0.429. The minimum Gasteiger partial charge on any atom is -0.497 e. The van der Waals surface area contributed by atoms with E-state index in [1.165, 1.54) is 48.9 Å². The van der Waals surface area contributed by atoms with Crippen molar-refractivity contribution >= 4 is 0 Å². The number of hydrogen-bond donors (Lipinski definition) is 0. The van der Waals surface area contributed by atoms with Crippen LogP contribution in [-0.2, 0) is 19.6 Å². The molecular weight excluding hydrogens is 396 g/mol. The Hall–Kier alpha value is -2.72. The van der Waals surface area contributed by atoms with Crippen LogP contribution < -0.4 is 9.47 Å². The van der Waals surface area contributed by atoms with Crippen LogP contribution in [0.25, 0.3) is 0 Å². The van der Waals surface area contributed by atoms with E-state index < -0.39 is 0 Å². The molecule has 4 heteroatoms. The maximum atomic E-state index is 5.46. The van der Waals surface area contributed by atoms with Crippen molar-refractivity contribution in [2.24, 2.45) is 5.92 Å². The van der Waals surface area contributed by atoms with Gasteiger partial charge in [-0.3, -0.25) is 4.90 Å². The van der Waals surface area contributed by atoms with E-state index in [2.05, 4.69) is 64.2 Å². The Morgan fingerprint density at radius 3 is 2.22 bits per heavy atom. The Labute approximate surface area is 192 Å². The van der Waals surface area contributed by atoms with Gasteiger partial charge in [0.25, 0.3) is 0 Å². The average molecular weight is 433 g/mol. The van der Waals surface area contributed by atoms with Crippen LogP contribution in [0.2, 0.25) is 0 Å². The molecule has 1 fully saturated rings. The van der Waals surface area contributed by atoms with Gasteiger partial charge in [0.05, 0.1) is 14.2 Å². The summed E-state index contributed by atoms with van der Waals surface area (Å²) in [7, 11) is 3.46. The first-order valence-corrected chi connectivity index (χ1v) is 11.9. The molecule has 1 aromatic heterocycles. The third-order valence-corrected chi connectivity index (χ3v) is 6.58. The van der Waals surface area contributed by atoms with Gasteiger partial charge < -0.3 is 14.0 Å². The highest BCUT2D eigenvalue weighted by Crippen LogP contribution is 2.26. The van der Waals surface area contributed by atoms with Gasteiger partial charge in [-0.05, 0) is 66.3 Å². The minimum absolute atomic E-state index is 0.802. The molecule has 4 rings (SSSR count). The minimum atomic E-state index is 0.802. The summed E-state index contributed by atoms with van der Waals surface area (Å²) in [5.74, 6) is 2.64. The van der Waals surface area contributed by atoms with Gasteiger partial charge in [0, 0.05) is 38.1 Å². The summed E-state index contributed by atoms with van der Waals surface area (Å²) in [5.41, 5.74) is 3.92. The van der Waals surface area contributed by atoms with Crippen LogP contribution in [0.5, 0.6) is 11.5 Å². The van der Waals surface area contributed by atoms with Gasteiger partial charge in [-0.15, -0.1) is 0 Å². The average Bonchev–Trinajstić information content (AvgIpc) is 3.26. The Kier molecular flexibility index (Phi) is 7.89. The van der Waals surface area contributed by atoms with Gasteiger partial charge >= 0.3 is 0 Å². The molecule has 0 bridgehead atoms. The molecule has 0 N–H and O–H groups in total. The smallest absolute Gasteiger partial charge is 0.119 e. The van der Waals surface area contributed by atoms with Crippen molar-refractivity contribution in [2.75, 3.05) is 20.8 Å². The monoisotopic (exact) mass is 432 g/mol. The number of methoxy groups -OCH3 is 2. The fourth-order valence-corrected chi connectivity index (χ4v) is 4.89. The second-order valence-corrected chi connectivity index (χ2v) is 9.00. The van der Waals surface area contributed by atoms with Crippen LogP contribution in [0.15, 0.2) is 66.9 Å². The third-order valence-electron chi connectivity index (χ3n) is 6.58. The number of hydrogen-bond acceptors (Lipinski definition) is 3. The first-order valence-electron chi connectivity index (χ1n) is 11.9. The zero-order valence-corrected chi connectivity index (χ0v) is 19.5. The Bertz CT molecular complexity index is 975. The van der Waals surface area contributed by atoms with Crippen molar-refractivity contribution in [1.29, 1.82) is 0 Å². The number of nitrogens with zero attached hydrogens (tertiary/aromatic N) is 2. The maximum Gasteiger partial charge on any atom is 0.119 e. The lowest BCUT2D eigenvalue weighted by Gasteiger charge is -2.30. The molecule has 0 saturated heterocycles. The van der Waals surface area contributed by atoms with Crippen molar-refractivity contribution < 1.29 is 9.47 Å². The number of aromatic nitrogens is 1. The second-order valence-electron chi connectivity index (χ2n) is 9.00. The van der Waals surface area contributed by atoms with E-state index in [1.54, 1.807) is 14.2 Å². The van der Waals surface area contributed by atoms with Crippen LogP contribution in [0, 0.1) is 5.92 Å². The Morgan fingerprint density at radius 1 is 0.812 bits per heavy atom. The van der Waals surface area contributed by atoms with Gasteiger partial charge in [-0.2, -0.15) is 0 Å². The summed E-state index contributed by atoms with van der Waals surface area (Å²) in [6.45, 7) is 3.90. The predicted molar refractivity (Wildman–Crippen MR) is 130 cm³/mol. The first kappa shape index (κ1) is 22.5. The van der Waals surface area contributed by atoms with Crippen molar-refractivity contribution in [1.82, 2.24) is 9.47 Å². The van der Waals surface area contributed by atoms with Gasteiger partial charge in [0.15, 0.2) is 0 Å². The molecule has 0 radical (unpaired) electrons. The Balaban J connectivity index is 1.50. The largest absolute Gasteiger partial charge is 0.497 e. The standard InChI is InChI=1S/C28H36N2O2/c1-31-27-14-6-11-24(17-27)20-29(19-23-9-4-3-5-10-23)22-26-13-8-16-30(26)21-25-12-7-15-28(18-25)32-2/h6-8,11-18,23H,3-5,9-10,19-22H2,1-2H3. The van der Waals surface area contributed by atoms with E-state index in [4.69, 9.17) is 9.47 Å². The van der Waals surface area contributed by atoms with E-state index in [-0.39, 0.29) is 0 Å². The first-order chi connectivity index (χ1) is 15.7. The summed E-state index contributed by atoms with van der Waals surface area (Å²) in [4.78, 5) is 2.63. The predicted octanol–water partition coefficient (Wildman–Crippen LogP) is 6.14. The summed E-state index contributed by atoms with van der Waals surface area (Å²) < 4.78 is 13.2. The van der Waals surface area contributed by atoms with Crippen LogP contribution >= 0.6 is 0 Å². The van der Waals surface area contributed by atoms with Crippen LogP contribution in [0.3, 0.4) is 0 Å². The maximum absolute atomic E-state index is 5.46. The van der Waals surface area contributed by atoms with E-state index in [9.17, 15) is 0 Å². The number of ether oxygens (including phenoxy) is 2. The topological polar surface area (TPSA) is 26.6 Å². The molecule has 1 aliphatic carbocycles. The molecule has 4 nitrogen and oxygen atoms in total. The number of benzene rings is 2. The second kappa shape index (κ2) is 11.2. The van der Waals surface area contributed by atoms with Crippen LogP contribution in [0.1, 0.15) is 48.9 Å². The molecule has 170 valence electrons. The molecule has 2 aromatic carbocycles. The molecule has 0 atom stereocenters. The third kappa shape index (κ3) is 6.17. The highest BCUT2D eigenvalue weighted by atomic mass is 16.5. The fourth-order valence-electron chi connectivity index (χ4n) is 4.89. The van der Waals surface area contributed by atoms with Crippen molar-refractivity contribution in [3.63, 3.8) is 0 Å². The molecule has 0 amide bonds. The zero-order valence-electron chi connectivity index (χ0n) is 19.5. The molecular formula is C28H36N2O2. The van der Waals surface area contributed by atoms with Gasteiger partial charge in [-0.1, -0.05) is 43.5 Å². The van der Waals surface area contributed by atoms with Gasteiger partial charge in [0.2, 0.25) is 0 Å². The van der Waals surface area contributed by atoms with Crippen molar-refractivity contribution in [3.8, 4) is 11.5 Å². The SMILES string of the molecule is COc1cccc(CN(Cc2cccn2Cc2cccc(OC)c2)CC2CCCCC2)c1. The lowest BCUT2D eigenvalue weighted by molar-refractivity contribution is 0.183. The van der Waals surface area contributed by atoms with Crippen molar-refractivity contribution in [2.45, 2.75) is 51.7 Å². The normalized spacial score (nSPS) is 14.6. The van der Waals surface area contributed by atoms with E-state index in [0.717, 1.165) is 43.6 Å². The van der Waals surface area contributed by atoms with Gasteiger partial charge in [0.1, 0.15) is 11.5 Å².